The smallest absolute Gasteiger partial charge is 0.305 e. The second-order valence-electron chi connectivity index (χ2n) is 7.35. The first kappa shape index (κ1) is 25.0. The number of sulfonamides is 1. The summed E-state index contributed by atoms with van der Waals surface area (Å²) in [5, 5.41) is 0. The van der Waals surface area contributed by atoms with Crippen LogP contribution in [0.5, 0.6) is 5.75 Å². The van der Waals surface area contributed by atoms with Crippen molar-refractivity contribution in [2.24, 2.45) is 0 Å². The van der Waals surface area contributed by atoms with Gasteiger partial charge in [0.05, 0.1) is 4.90 Å². The molecule has 10 heteroatoms. The molecule has 0 aliphatic heterocycles. The highest BCUT2D eigenvalue weighted by Crippen LogP contribution is 2.21. The fourth-order valence-electron chi connectivity index (χ4n) is 3.22. The molecule has 0 aliphatic carbocycles. The SMILES string of the molecule is CCN(CC)S(=O)(=O)c1cc(C(=O)NNC(=O)c2ccc(COc3ccccc3)o2)ccc1C. The Morgan fingerprint density at radius 1 is 0.941 bits per heavy atom. The number of carbonyl (C=O) groups excluding carboxylic acids is 2. The Morgan fingerprint density at radius 2 is 1.62 bits per heavy atom. The van der Waals surface area contributed by atoms with Gasteiger partial charge in [-0.25, -0.2) is 8.42 Å². The number of hydrogen-bond donors (Lipinski definition) is 2. The van der Waals surface area contributed by atoms with E-state index in [1.54, 1.807) is 45.0 Å². The maximum absolute atomic E-state index is 12.9. The molecule has 0 fully saturated rings. The Kier molecular flexibility index (Phi) is 8.08. The number of hydrazine groups is 1. The fraction of sp³-hybridized carbons (Fsp3) is 0.250. The van der Waals surface area contributed by atoms with E-state index in [1.807, 2.05) is 18.2 Å². The lowest BCUT2D eigenvalue weighted by Gasteiger charge is -2.20. The minimum absolute atomic E-state index is 0.0133. The third-order valence-corrected chi connectivity index (χ3v) is 7.26. The summed E-state index contributed by atoms with van der Waals surface area (Å²) in [5.74, 6) is -0.241. The summed E-state index contributed by atoms with van der Waals surface area (Å²) in [5.41, 5.74) is 5.16. The van der Waals surface area contributed by atoms with Crippen LogP contribution in [0, 0.1) is 6.92 Å². The first-order chi connectivity index (χ1) is 16.3. The van der Waals surface area contributed by atoms with Gasteiger partial charge >= 0.3 is 5.91 Å². The van der Waals surface area contributed by atoms with Crippen molar-refractivity contribution in [3.63, 3.8) is 0 Å². The normalized spacial score (nSPS) is 11.3. The monoisotopic (exact) mass is 485 g/mol. The number of amides is 2. The molecule has 180 valence electrons. The fourth-order valence-corrected chi connectivity index (χ4v) is 4.93. The summed E-state index contributed by atoms with van der Waals surface area (Å²) in [7, 11) is -3.75. The van der Waals surface area contributed by atoms with E-state index in [-0.39, 0.29) is 22.8 Å². The third-order valence-electron chi connectivity index (χ3n) is 5.07. The lowest BCUT2D eigenvalue weighted by atomic mass is 10.1. The van der Waals surface area contributed by atoms with Gasteiger partial charge in [0.15, 0.2) is 5.76 Å². The van der Waals surface area contributed by atoms with Crippen LogP contribution in [0.4, 0.5) is 0 Å². The van der Waals surface area contributed by atoms with Crippen LogP contribution in [-0.2, 0) is 16.6 Å². The van der Waals surface area contributed by atoms with Crippen molar-refractivity contribution in [3.05, 3.63) is 83.3 Å². The molecule has 0 saturated carbocycles. The van der Waals surface area contributed by atoms with Crippen LogP contribution in [-0.4, -0.2) is 37.6 Å². The Balaban J connectivity index is 1.62. The maximum atomic E-state index is 12.9. The van der Waals surface area contributed by atoms with Crippen LogP contribution < -0.4 is 15.6 Å². The first-order valence-electron chi connectivity index (χ1n) is 10.7. The van der Waals surface area contributed by atoms with E-state index in [0.717, 1.165) is 0 Å². The predicted octanol–water partition coefficient (Wildman–Crippen LogP) is 3.27. The van der Waals surface area contributed by atoms with Crippen molar-refractivity contribution < 1.29 is 27.2 Å². The first-order valence-corrected chi connectivity index (χ1v) is 12.2. The number of carbonyl (C=O) groups is 2. The standard InChI is InChI=1S/C24H27N3O6S/c1-4-27(5-2)34(30,31)22-15-18(12-11-17(22)3)23(28)25-26-24(29)21-14-13-20(33-21)16-32-19-9-7-6-8-10-19/h6-15H,4-5,16H2,1-3H3,(H,25,28)(H,26,29). The second-order valence-corrected chi connectivity index (χ2v) is 9.25. The summed E-state index contributed by atoms with van der Waals surface area (Å²) < 4.78 is 38.1. The molecule has 1 aromatic heterocycles. The lowest BCUT2D eigenvalue weighted by molar-refractivity contribution is 0.0828. The van der Waals surface area contributed by atoms with E-state index in [1.165, 1.54) is 22.5 Å². The molecule has 2 amide bonds. The van der Waals surface area contributed by atoms with Gasteiger partial charge in [-0.1, -0.05) is 38.1 Å². The summed E-state index contributed by atoms with van der Waals surface area (Å²) in [6.45, 7) is 5.91. The number of benzene rings is 2. The van der Waals surface area contributed by atoms with Crippen LogP contribution in [0.2, 0.25) is 0 Å². The number of aryl methyl sites for hydroxylation is 1. The van der Waals surface area contributed by atoms with Gasteiger partial charge in [0, 0.05) is 18.7 Å². The number of furan rings is 1. The molecule has 0 atom stereocenters. The lowest BCUT2D eigenvalue weighted by Crippen LogP contribution is -2.41. The number of nitrogens with zero attached hydrogens (tertiary/aromatic N) is 1. The summed E-state index contributed by atoms with van der Waals surface area (Å²) >= 11 is 0. The Morgan fingerprint density at radius 3 is 2.29 bits per heavy atom. The Labute approximate surface area is 198 Å². The molecule has 3 aromatic rings. The van der Waals surface area contributed by atoms with Crippen molar-refractivity contribution in [3.8, 4) is 5.75 Å². The van der Waals surface area contributed by atoms with Crippen LogP contribution in [0.3, 0.4) is 0 Å². The average molecular weight is 486 g/mol. The van der Waals surface area contributed by atoms with Crippen molar-refractivity contribution in [1.82, 2.24) is 15.2 Å². The molecular weight excluding hydrogens is 458 g/mol. The van der Waals surface area contributed by atoms with Gasteiger partial charge in [0.25, 0.3) is 5.91 Å². The third kappa shape index (κ3) is 5.83. The second kappa shape index (κ2) is 11.0. The zero-order valence-corrected chi connectivity index (χ0v) is 20.0. The molecule has 0 saturated heterocycles. The van der Waals surface area contributed by atoms with E-state index in [0.29, 0.717) is 30.2 Å². The van der Waals surface area contributed by atoms with Gasteiger partial charge in [0.2, 0.25) is 10.0 Å². The number of nitrogens with one attached hydrogen (secondary N) is 2. The summed E-state index contributed by atoms with van der Waals surface area (Å²) in [4.78, 5) is 25.0. The molecule has 1 heterocycles. The quantitative estimate of drug-likeness (QED) is 0.449. The molecule has 34 heavy (non-hydrogen) atoms. The van der Waals surface area contributed by atoms with Crippen molar-refractivity contribution in [2.45, 2.75) is 32.3 Å². The highest BCUT2D eigenvalue weighted by Gasteiger charge is 2.25. The van der Waals surface area contributed by atoms with Crippen LogP contribution >= 0.6 is 0 Å². The maximum Gasteiger partial charge on any atom is 0.305 e. The van der Waals surface area contributed by atoms with Crippen LogP contribution in [0.25, 0.3) is 0 Å². The zero-order chi connectivity index (χ0) is 24.7. The van der Waals surface area contributed by atoms with Crippen molar-refractivity contribution in [1.29, 1.82) is 0 Å². The summed E-state index contributed by atoms with van der Waals surface area (Å²) in [6.07, 6.45) is 0. The van der Waals surface area contributed by atoms with Crippen molar-refractivity contribution >= 4 is 21.8 Å². The highest BCUT2D eigenvalue weighted by molar-refractivity contribution is 7.89. The highest BCUT2D eigenvalue weighted by atomic mass is 32.2. The number of hydrogen-bond acceptors (Lipinski definition) is 6. The minimum Gasteiger partial charge on any atom is -0.486 e. The molecule has 0 aliphatic rings. The van der Waals surface area contributed by atoms with E-state index in [2.05, 4.69) is 10.9 Å². The molecule has 2 aromatic carbocycles. The number of rotatable bonds is 9. The molecular formula is C24H27N3O6S. The molecule has 3 rings (SSSR count). The Bertz CT molecular complexity index is 1250. The van der Waals surface area contributed by atoms with Crippen LogP contribution in [0.1, 0.15) is 46.1 Å². The predicted molar refractivity (Wildman–Crippen MR) is 126 cm³/mol. The summed E-state index contributed by atoms with van der Waals surface area (Å²) in [6, 6.07) is 16.6. The van der Waals surface area contributed by atoms with Gasteiger partial charge < -0.3 is 9.15 Å². The van der Waals surface area contributed by atoms with Gasteiger partial charge in [-0.2, -0.15) is 4.31 Å². The van der Waals surface area contributed by atoms with E-state index >= 15 is 0 Å². The van der Waals surface area contributed by atoms with E-state index < -0.39 is 21.8 Å². The van der Waals surface area contributed by atoms with Gasteiger partial charge in [0.1, 0.15) is 18.1 Å². The topological polar surface area (TPSA) is 118 Å². The van der Waals surface area contributed by atoms with Gasteiger partial charge in [-0.3, -0.25) is 20.4 Å². The Hall–Kier alpha value is -3.63. The number of para-hydroxylation sites is 1. The molecule has 9 nitrogen and oxygen atoms in total. The largest absolute Gasteiger partial charge is 0.486 e. The number of ether oxygens (including phenoxy) is 1. The molecule has 0 unspecified atom stereocenters. The van der Waals surface area contributed by atoms with E-state index in [4.69, 9.17) is 9.15 Å². The zero-order valence-electron chi connectivity index (χ0n) is 19.2. The van der Waals surface area contributed by atoms with Crippen molar-refractivity contribution in [2.75, 3.05) is 13.1 Å². The molecule has 0 radical (unpaired) electrons. The van der Waals surface area contributed by atoms with Gasteiger partial charge in [-0.05, 0) is 48.9 Å². The molecule has 2 N–H and O–H groups in total. The molecule has 0 bridgehead atoms. The van der Waals surface area contributed by atoms with Crippen LogP contribution in [0.15, 0.2) is 70.0 Å². The molecule has 0 spiro atoms. The van der Waals surface area contributed by atoms with Gasteiger partial charge in [-0.15, -0.1) is 0 Å². The minimum atomic E-state index is -3.75. The van der Waals surface area contributed by atoms with E-state index in [9.17, 15) is 18.0 Å². The average Bonchev–Trinajstić information content (AvgIpc) is 3.31.